The molecule has 2 atom stereocenters. The maximum atomic E-state index is 12.0. The van der Waals surface area contributed by atoms with Gasteiger partial charge in [-0.3, -0.25) is 9.69 Å². The second-order valence-electron chi connectivity index (χ2n) is 5.91. The molecule has 0 aliphatic heterocycles. The van der Waals surface area contributed by atoms with Gasteiger partial charge in [0.05, 0.1) is 13.0 Å². The summed E-state index contributed by atoms with van der Waals surface area (Å²) in [6.45, 7) is 7.33. The molecule has 3 nitrogen and oxygen atoms in total. The second kappa shape index (κ2) is 9.04. The minimum absolute atomic E-state index is 0.0992. The third-order valence-electron chi connectivity index (χ3n) is 4.21. The monoisotopic (exact) mass is 323 g/mol. The van der Waals surface area contributed by atoms with Crippen molar-refractivity contribution in [2.24, 2.45) is 5.92 Å². The quantitative estimate of drug-likeness (QED) is 0.542. The molecule has 3 heteroatoms. The van der Waals surface area contributed by atoms with E-state index in [2.05, 4.69) is 35.7 Å². The molecule has 24 heavy (non-hydrogen) atoms. The molecule has 0 saturated carbocycles. The highest BCUT2D eigenvalue weighted by atomic mass is 16.5. The Kier molecular flexibility index (Phi) is 6.76. The lowest BCUT2D eigenvalue weighted by Gasteiger charge is -2.32. The summed E-state index contributed by atoms with van der Waals surface area (Å²) in [7, 11) is 1.43. The minimum Gasteiger partial charge on any atom is -0.469 e. The molecule has 0 spiro atoms. The summed E-state index contributed by atoms with van der Waals surface area (Å²) >= 11 is 0. The highest BCUT2D eigenvalue weighted by Crippen LogP contribution is 2.20. The molecule has 0 radical (unpaired) electrons. The van der Waals surface area contributed by atoms with Crippen LogP contribution in [0.2, 0.25) is 0 Å². The van der Waals surface area contributed by atoms with Gasteiger partial charge in [-0.2, -0.15) is 0 Å². The van der Waals surface area contributed by atoms with E-state index in [1.807, 2.05) is 49.4 Å². The average molecular weight is 323 g/mol. The fourth-order valence-corrected chi connectivity index (χ4v) is 2.90. The predicted molar refractivity (Wildman–Crippen MR) is 97.3 cm³/mol. The zero-order chi connectivity index (χ0) is 17.4. The molecular weight excluding hydrogens is 298 g/mol. The van der Waals surface area contributed by atoms with Crippen LogP contribution in [0.25, 0.3) is 0 Å². The number of carbonyl (C=O) groups is 1. The molecule has 2 rings (SSSR count). The fourth-order valence-electron chi connectivity index (χ4n) is 2.90. The summed E-state index contributed by atoms with van der Waals surface area (Å²) < 4.78 is 4.93. The minimum atomic E-state index is -0.278. The number of benzene rings is 2. The van der Waals surface area contributed by atoms with Gasteiger partial charge in [0, 0.05) is 19.1 Å². The van der Waals surface area contributed by atoms with E-state index in [0.717, 1.165) is 13.1 Å². The molecule has 0 aliphatic rings. The van der Waals surface area contributed by atoms with Crippen molar-refractivity contribution in [3.8, 4) is 0 Å². The Morgan fingerprint density at radius 1 is 1.04 bits per heavy atom. The van der Waals surface area contributed by atoms with Crippen molar-refractivity contribution in [2.75, 3.05) is 7.11 Å². The SMILES string of the molecule is C=C[C@@H](C(C)C(=O)OC)N(Cc1ccccc1)Cc1ccccc1. The van der Waals surface area contributed by atoms with Gasteiger partial charge in [0.1, 0.15) is 0 Å². The van der Waals surface area contributed by atoms with E-state index in [1.165, 1.54) is 18.2 Å². The van der Waals surface area contributed by atoms with Crippen LogP contribution in [0.4, 0.5) is 0 Å². The Bertz CT molecular complexity index is 598. The van der Waals surface area contributed by atoms with Crippen LogP contribution in [-0.4, -0.2) is 24.0 Å². The van der Waals surface area contributed by atoms with Gasteiger partial charge in [-0.05, 0) is 11.1 Å². The fraction of sp³-hybridized carbons (Fsp3) is 0.286. The lowest BCUT2D eigenvalue weighted by molar-refractivity contribution is -0.146. The van der Waals surface area contributed by atoms with Crippen molar-refractivity contribution < 1.29 is 9.53 Å². The maximum Gasteiger partial charge on any atom is 0.310 e. The van der Waals surface area contributed by atoms with Crippen molar-refractivity contribution in [1.29, 1.82) is 0 Å². The van der Waals surface area contributed by atoms with Gasteiger partial charge in [-0.1, -0.05) is 73.7 Å². The number of hydrogen-bond acceptors (Lipinski definition) is 3. The van der Waals surface area contributed by atoms with E-state index < -0.39 is 0 Å². The molecule has 0 aliphatic carbocycles. The highest BCUT2D eigenvalue weighted by molar-refractivity contribution is 5.73. The van der Waals surface area contributed by atoms with Crippen molar-refractivity contribution in [1.82, 2.24) is 4.90 Å². The number of carbonyl (C=O) groups excluding carboxylic acids is 1. The maximum absolute atomic E-state index is 12.0. The van der Waals surface area contributed by atoms with E-state index in [9.17, 15) is 4.79 Å². The average Bonchev–Trinajstić information content (AvgIpc) is 2.63. The van der Waals surface area contributed by atoms with Crippen LogP contribution >= 0.6 is 0 Å². The molecule has 0 saturated heterocycles. The molecule has 0 aromatic heterocycles. The topological polar surface area (TPSA) is 29.5 Å². The molecule has 1 unspecified atom stereocenters. The van der Waals surface area contributed by atoms with Crippen LogP contribution in [0.3, 0.4) is 0 Å². The lowest BCUT2D eigenvalue weighted by Crippen LogP contribution is -2.40. The molecule has 0 heterocycles. The third-order valence-corrected chi connectivity index (χ3v) is 4.21. The summed E-state index contributed by atoms with van der Waals surface area (Å²) in [5, 5.41) is 0. The van der Waals surface area contributed by atoms with Crippen LogP contribution in [0, 0.1) is 5.92 Å². The summed E-state index contributed by atoms with van der Waals surface area (Å²) in [6, 6.07) is 20.4. The number of nitrogens with zero attached hydrogens (tertiary/aromatic N) is 1. The summed E-state index contributed by atoms with van der Waals surface area (Å²) in [5.41, 5.74) is 2.41. The molecule has 0 bridgehead atoms. The normalized spacial score (nSPS) is 13.3. The predicted octanol–water partition coefficient (Wildman–Crippen LogP) is 4.05. The Labute approximate surface area is 144 Å². The summed E-state index contributed by atoms with van der Waals surface area (Å²) in [5.74, 6) is -0.494. The summed E-state index contributed by atoms with van der Waals surface area (Å²) in [4.78, 5) is 14.3. The van der Waals surface area contributed by atoms with E-state index in [0.29, 0.717) is 0 Å². The first kappa shape index (κ1) is 18.0. The molecule has 0 fully saturated rings. The van der Waals surface area contributed by atoms with Crippen molar-refractivity contribution in [3.05, 3.63) is 84.4 Å². The Balaban J connectivity index is 2.26. The summed E-state index contributed by atoms with van der Waals surface area (Å²) in [6.07, 6.45) is 1.84. The van der Waals surface area contributed by atoms with Crippen molar-refractivity contribution >= 4 is 5.97 Å². The molecule has 126 valence electrons. The van der Waals surface area contributed by atoms with Crippen LogP contribution in [0.5, 0.6) is 0 Å². The van der Waals surface area contributed by atoms with E-state index >= 15 is 0 Å². The largest absolute Gasteiger partial charge is 0.469 e. The van der Waals surface area contributed by atoms with Crippen molar-refractivity contribution in [3.63, 3.8) is 0 Å². The van der Waals surface area contributed by atoms with Gasteiger partial charge in [0.15, 0.2) is 0 Å². The lowest BCUT2D eigenvalue weighted by atomic mass is 9.98. The van der Waals surface area contributed by atoms with Gasteiger partial charge >= 0.3 is 5.97 Å². The molecule has 2 aromatic rings. The first-order valence-corrected chi connectivity index (χ1v) is 8.18. The Morgan fingerprint density at radius 2 is 1.50 bits per heavy atom. The van der Waals surface area contributed by atoms with Crippen LogP contribution < -0.4 is 0 Å². The van der Waals surface area contributed by atoms with Gasteiger partial charge in [0.25, 0.3) is 0 Å². The third kappa shape index (κ3) is 4.80. The first-order chi connectivity index (χ1) is 11.7. The first-order valence-electron chi connectivity index (χ1n) is 8.18. The Morgan fingerprint density at radius 3 is 1.88 bits per heavy atom. The van der Waals surface area contributed by atoms with E-state index in [-0.39, 0.29) is 17.9 Å². The van der Waals surface area contributed by atoms with Gasteiger partial charge in [0.2, 0.25) is 0 Å². The van der Waals surface area contributed by atoms with E-state index in [4.69, 9.17) is 4.74 Å². The number of methoxy groups -OCH3 is 1. The number of hydrogen-bond donors (Lipinski definition) is 0. The van der Waals surface area contributed by atoms with Gasteiger partial charge in [-0.25, -0.2) is 0 Å². The molecular formula is C21H25NO2. The number of esters is 1. The molecule has 0 amide bonds. The number of rotatable bonds is 8. The van der Waals surface area contributed by atoms with Crippen molar-refractivity contribution in [2.45, 2.75) is 26.1 Å². The second-order valence-corrected chi connectivity index (χ2v) is 5.91. The zero-order valence-electron chi connectivity index (χ0n) is 14.4. The molecule has 0 N–H and O–H groups in total. The van der Waals surface area contributed by atoms with E-state index in [1.54, 1.807) is 0 Å². The zero-order valence-corrected chi connectivity index (χ0v) is 14.4. The highest BCUT2D eigenvalue weighted by Gasteiger charge is 2.28. The van der Waals surface area contributed by atoms with Crippen LogP contribution in [0.15, 0.2) is 73.3 Å². The van der Waals surface area contributed by atoms with Crippen LogP contribution in [0.1, 0.15) is 18.1 Å². The standard InChI is InChI=1S/C21H25NO2/c1-4-20(17(2)21(23)24-3)22(15-18-11-7-5-8-12-18)16-19-13-9-6-10-14-19/h4-14,17,20H,1,15-16H2,2-3H3/t17?,20-/m0/s1. The van der Waals surface area contributed by atoms with Gasteiger partial charge in [-0.15, -0.1) is 6.58 Å². The van der Waals surface area contributed by atoms with Gasteiger partial charge < -0.3 is 4.74 Å². The molecule has 2 aromatic carbocycles. The smallest absolute Gasteiger partial charge is 0.310 e. The Hall–Kier alpha value is -2.39. The van der Waals surface area contributed by atoms with Crippen LogP contribution in [-0.2, 0) is 22.6 Å². The number of ether oxygens (including phenoxy) is 1.